The van der Waals surface area contributed by atoms with Gasteiger partial charge in [0.2, 0.25) is 0 Å². The first kappa shape index (κ1) is 42.0. The van der Waals surface area contributed by atoms with E-state index in [1.54, 1.807) is 0 Å². The van der Waals surface area contributed by atoms with Crippen LogP contribution in [0.3, 0.4) is 0 Å². The maximum atomic E-state index is 12.5. The molecule has 10 heteroatoms. The van der Waals surface area contributed by atoms with Crippen molar-refractivity contribution in [3.63, 3.8) is 0 Å². The monoisotopic (exact) mass is 660 g/mol. The van der Waals surface area contributed by atoms with Crippen molar-refractivity contribution in [3.8, 4) is 0 Å². The number of esters is 2. The summed E-state index contributed by atoms with van der Waals surface area (Å²) in [5, 5.41) is 0. The van der Waals surface area contributed by atoms with E-state index in [1.165, 1.54) is 103 Å². The Morgan fingerprint density at radius 3 is 1.80 bits per heavy atom. The summed E-state index contributed by atoms with van der Waals surface area (Å²) in [6.45, 7) is 3.63. The quantitative estimate of drug-likeness (QED) is 0.0417. The fraction of sp³-hybridized carbons (Fsp3) is 0.943. The molecule has 266 valence electrons. The Bertz CT molecular complexity index is 779. The molecule has 0 aliphatic heterocycles. The van der Waals surface area contributed by atoms with E-state index in [0.717, 1.165) is 43.9 Å². The molecular weight excluding hydrogens is 593 g/mol. The molecule has 9 nitrogen and oxygen atoms in total. The average molecular weight is 661 g/mol. The second-order valence-electron chi connectivity index (χ2n) is 13.2. The molecule has 0 heterocycles. The van der Waals surface area contributed by atoms with Gasteiger partial charge < -0.3 is 29.1 Å². The molecule has 2 unspecified atom stereocenters. The van der Waals surface area contributed by atoms with E-state index in [4.69, 9.17) is 19.7 Å². The van der Waals surface area contributed by atoms with Crippen LogP contribution in [0.5, 0.6) is 0 Å². The Hall–Kier alpha value is -0.990. The van der Waals surface area contributed by atoms with Crippen LogP contribution in [-0.2, 0) is 32.7 Å². The number of phosphoric acid groups is 1. The number of carbonyl (C=O) groups excluding carboxylic acids is 2. The largest absolute Gasteiger partial charge is 0.756 e. The highest BCUT2D eigenvalue weighted by molar-refractivity contribution is 7.45. The maximum absolute atomic E-state index is 12.5. The van der Waals surface area contributed by atoms with Gasteiger partial charge in [-0.05, 0) is 24.7 Å². The standard InChI is InChI=1S/C35H68NO8P/c1-3-31(2)21-17-13-9-7-8-11-15-19-23-34(37)41-29-33(30-43-45(39,40)42-28-27-36)44-35(38)24-20-16-12-6-4-5-10-14-18-22-32-25-26-32/h31-33H,3-30,36H2,1-2H3,(H,39,40)/p-1/t31?,33-/m0/s1. The summed E-state index contributed by atoms with van der Waals surface area (Å²) in [4.78, 5) is 36.7. The number of nitrogens with two attached hydrogens (primary N) is 1. The molecule has 0 aromatic carbocycles. The van der Waals surface area contributed by atoms with Crippen LogP contribution >= 0.6 is 7.82 Å². The van der Waals surface area contributed by atoms with Crippen LogP contribution in [-0.4, -0.2) is 44.4 Å². The lowest BCUT2D eigenvalue weighted by Crippen LogP contribution is -2.30. The normalized spacial score (nSPS) is 15.8. The Labute approximate surface area is 275 Å². The first-order valence-corrected chi connectivity index (χ1v) is 19.9. The van der Waals surface area contributed by atoms with E-state index in [1.807, 2.05) is 0 Å². The van der Waals surface area contributed by atoms with Gasteiger partial charge in [-0.1, -0.05) is 142 Å². The van der Waals surface area contributed by atoms with Crippen molar-refractivity contribution < 1.29 is 37.6 Å². The van der Waals surface area contributed by atoms with Crippen molar-refractivity contribution >= 4 is 19.8 Å². The summed E-state index contributed by atoms with van der Waals surface area (Å²) in [5.41, 5.74) is 5.30. The molecule has 2 N–H and O–H groups in total. The predicted molar refractivity (Wildman–Crippen MR) is 179 cm³/mol. The van der Waals surface area contributed by atoms with Crippen molar-refractivity contribution in [3.05, 3.63) is 0 Å². The molecule has 0 aromatic heterocycles. The van der Waals surface area contributed by atoms with Gasteiger partial charge in [0.25, 0.3) is 7.82 Å². The highest BCUT2D eigenvalue weighted by atomic mass is 31.2. The Morgan fingerprint density at radius 2 is 1.27 bits per heavy atom. The lowest BCUT2D eigenvalue weighted by atomic mass is 9.99. The molecule has 0 amide bonds. The van der Waals surface area contributed by atoms with Crippen molar-refractivity contribution in [1.29, 1.82) is 0 Å². The van der Waals surface area contributed by atoms with E-state index >= 15 is 0 Å². The zero-order chi connectivity index (χ0) is 33.0. The SMILES string of the molecule is CCC(C)CCCCCCCCCCC(=O)OC[C@@H](COP(=O)([O-])OCCN)OC(=O)CCCCCCCCCCCC1CC1. The third-order valence-corrected chi connectivity index (χ3v) is 9.69. The van der Waals surface area contributed by atoms with Crippen molar-refractivity contribution in [1.82, 2.24) is 0 Å². The topological polar surface area (TPSA) is 137 Å². The molecule has 0 saturated heterocycles. The minimum absolute atomic E-state index is 0.0182. The van der Waals surface area contributed by atoms with Crippen LogP contribution in [0.2, 0.25) is 0 Å². The second-order valence-corrected chi connectivity index (χ2v) is 14.6. The summed E-state index contributed by atoms with van der Waals surface area (Å²) >= 11 is 0. The molecule has 3 atom stereocenters. The first-order chi connectivity index (χ1) is 21.8. The van der Waals surface area contributed by atoms with E-state index in [9.17, 15) is 19.0 Å². The van der Waals surface area contributed by atoms with Crippen molar-refractivity contribution in [2.75, 3.05) is 26.4 Å². The Kier molecular flexibility index (Phi) is 26.2. The van der Waals surface area contributed by atoms with Gasteiger partial charge in [-0.25, -0.2) is 0 Å². The van der Waals surface area contributed by atoms with Crippen LogP contribution in [0.15, 0.2) is 0 Å². The molecule has 1 saturated carbocycles. The molecule has 0 bridgehead atoms. The third-order valence-electron chi connectivity index (χ3n) is 8.73. The van der Waals surface area contributed by atoms with E-state index in [-0.39, 0.29) is 32.6 Å². The van der Waals surface area contributed by atoms with Gasteiger partial charge in [-0.15, -0.1) is 0 Å². The summed E-state index contributed by atoms with van der Waals surface area (Å²) < 4.78 is 32.2. The van der Waals surface area contributed by atoms with Crippen molar-refractivity contribution in [2.24, 2.45) is 17.6 Å². The van der Waals surface area contributed by atoms with E-state index < -0.39 is 32.5 Å². The van der Waals surface area contributed by atoms with Crippen LogP contribution in [0.1, 0.15) is 168 Å². The average Bonchev–Trinajstić information content (AvgIpc) is 3.85. The Balaban J connectivity index is 2.21. The fourth-order valence-electron chi connectivity index (χ4n) is 5.37. The summed E-state index contributed by atoms with van der Waals surface area (Å²) in [6.07, 6.45) is 25.9. The summed E-state index contributed by atoms with van der Waals surface area (Å²) in [7, 11) is -4.61. The second kappa shape index (κ2) is 28.1. The van der Waals surface area contributed by atoms with Gasteiger partial charge in [0.05, 0.1) is 13.2 Å². The number of carbonyl (C=O) groups is 2. The molecule has 1 fully saturated rings. The molecule has 1 aliphatic carbocycles. The summed E-state index contributed by atoms with van der Waals surface area (Å²) in [6, 6.07) is 0. The first-order valence-electron chi connectivity index (χ1n) is 18.4. The lowest BCUT2D eigenvalue weighted by molar-refractivity contribution is -0.228. The fourth-order valence-corrected chi connectivity index (χ4v) is 6.12. The van der Waals surface area contributed by atoms with Crippen LogP contribution in [0.25, 0.3) is 0 Å². The number of phosphoric ester groups is 1. The maximum Gasteiger partial charge on any atom is 0.306 e. The van der Waals surface area contributed by atoms with Crippen LogP contribution < -0.4 is 10.6 Å². The number of hydrogen-bond donors (Lipinski definition) is 1. The smallest absolute Gasteiger partial charge is 0.306 e. The Morgan fingerprint density at radius 1 is 0.756 bits per heavy atom. The number of hydrogen-bond acceptors (Lipinski definition) is 9. The van der Waals surface area contributed by atoms with Gasteiger partial charge in [0, 0.05) is 19.4 Å². The molecular formula is C35H67NO8P-. The number of rotatable bonds is 33. The zero-order valence-electron chi connectivity index (χ0n) is 28.8. The zero-order valence-corrected chi connectivity index (χ0v) is 29.7. The predicted octanol–water partition coefficient (Wildman–Crippen LogP) is 8.55. The van der Waals surface area contributed by atoms with Gasteiger partial charge in [0.15, 0.2) is 6.10 Å². The molecule has 0 aromatic rings. The molecule has 0 radical (unpaired) electrons. The van der Waals surface area contributed by atoms with Gasteiger partial charge >= 0.3 is 11.9 Å². The minimum atomic E-state index is -4.61. The highest BCUT2D eigenvalue weighted by Crippen LogP contribution is 2.38. The van der Waals surface area contributed by atoms with E-state index in [2.05, 4.69) is 18.4 Å². The summed E-state index contributed by atoms with van der Waals surface area (Å²) in [5.74, 6) is 1.01. The van der Waals surface area contributed by atoms with Gasteiger partial charge in [0.1, 0.15) is 6.61 Å². The molecule has 45 heavy (non-hydrogen) atoms. The van der Waals surface area contributed by atoms with Crippen molar-refractivity contribution in [2.45, 2.75) is 174 Å². The van der Waals surface area contributed by atoms with E-state index in [0.29, 0.717) is 6.42 Å². The number of unbranched alkanes of at least 4 members (excludes halogenated alkanes) is 15. The van der Waals surface area contributed by atoms with Gasteiger partial charge in [-0.3, -0.25) is 14.2 Å². The number of ether oxygens (including phenoxy) is 2. The minimum Gasteiger partial charge on any atom is -0.756 e. The molecule has 0 spiro atoms. The van der Waals surface area contributed by atoms with Gasteiger partial charge in [-0.2, -0.15) is 0 Å². The lowest BCUT2D eigenvalue weighted by Gasteiger charge is -2.25. The third kappa shape index (κ3) is 27.8. The van der Waals surface area contributed by atoms with Crippen LogP contribution in [0, 0.1) is 11.8 Å². The van der Waals surface area contributed by atoms with Crippen LogP contribution in [0.4, 0.5) is 0 Å². The molecule has 1 aliphatic rings. The highest BCUT2D eigenvalue weighted by Gasteiger charge is 2.21. The molecule has 1 rings (SSSR count).